The van der Waals surface area contributed by atoms with Crippen molar-refractivity contribution >= 4 is 33.2 Å². The molecule has 0 amide bonds. The van der Waals surface area contributed by atoms with E-state index in [2.05, 4.69) is 15.9 Å². The van der Waals surface area contributed by atoms with Crippen molar-refractivity contribution in [1.82, 2.24) is 0 Å². The molecule has 0 aliphatic heterocycles. The fourth-order valence-corrected chi connectivity index (χ4v) is 3.14. The third-order valence-electron chi connectivity index (χ3n) is 4.08. The second-order valence-electron chi connectivity index (χ2n) is 5.30. The number of esters is 1. The van der Waals surface area contributed by atoms with E-state index in [1.165, 1.54) is 13.2 Å². The van der Waals surface area contributed by atoms with Crippen molar-refractivity contribution in [3.63, 3.8) is 0 Å². The molecular weight excluding hydrogens is 373 g/mol. The van der Waals surface area contributed by atoms with Gasteiger partial charge >= 0.3 is 11.8 Å². The van der Waals surface area contributed by atoms with Crippen LogP contribution in [-0.4, -0.2) is 18.0 Å². The van der Waals surface area contributed by atoms with Gasteiger partial charge < -0.3 is 20.6 Å². The number of nitro groups is 1. The molecule has 1 aliphatic carbocycles. The average molecular weight is 388 g/mol. The normalized spacial score (nSPS) is 17.0. The second-order valence-corrected chi connectivity index (χ2v) is 6.15. The minimum Gasteiger partial charge on any atom is -0.468 e. The molecule has 1 aromatic carbocycles. The second kappa shape index (κ2) is 6.15. The molecule has 1 aromatic rings. The maximum Gasteiger partial charge on any atom is 0.319 e. The number of carbonyl (C=O) groups is 1. The van der Waals surface area contributed by atoms with Gasteiger partial charge in [-0.2, -0.15) is 0 Å². The minimum atomic E-state index is -1.24. The maximum absolute atomic E-state index is 13.6. The molecule has 124 valence electrons. The van der Waals surface area contributed by atoms with Crippen molar-refractivity contribution in [3.8, 4) is 0 Å². The molecule has 0 spiro atoms. The largest absolute Gasteiger partial charge is 0.468 e. The SMILES string of the molecule is COC(=O)C1(/C(=C(/N)[N+](=O)[O-])c2cc(Br)c(F)cc2N)CCC1. The van der Waals surface area contributed by atoms with Gasteiger partial charge in [0.05, 0.1) is 17.2 Å². The predicted molar refractivity (Wildman–Crippen MR) is 84.9 cm³/mol. The number of halogens is 2. The van der Waals surface area contributed by atoms with Gasteiger partial charge in [-0.3, -0.25) is 10.5 Å². The van der Waals surface area contributed by atoms with Gasteiger partial charge in [0, 0.05) is 11.3 Å². The molecule has 0 unspecified atom stereocenters. The lowest BCUT2D eigenvalue weighted by Crippen LogP contribution is -2.42. The third kappa shape index (κ3) is 2.76. The Balaban J connectivity index is 2.76. The lowest BCUT2D eigenvalue weighted by atomic mass is 9.62. The molecular formula is C14H15BrFN3O4. The van der Waals surface area contributed by atoms with Crippen molar-refractivity contribution in [2.45, 2.75) is 19.3 Å². The first-order chi connectivity index (χ1) is 10.7. The summed E-state index contributed by atoms with van der Waals surface area (Å²) in [6, 6.07) is 2.32. The molecule has 1 fully saturated rings. The first-order valence-corrected chi connectivity index (χ1v) is 7.52. The standard InChI is InChI=1S/C14H15BrFN3O4/c1-23-13(20)14(3-2-4-14)11(12(18)19(21)22)7-5-8(15)9(16)6-10(7)17/h5-6H,2-4,17-18H2,1H3/b12-11-. The summed E-state index contributed by atoms with van der Waals surface area (Å²) in [5, 5.41) is 11.2. The number of anilines is 1. The van der Waals surface area contributed by atoms with E-state index in [-0.39, 0.29) is 21.3 Å². The highest BCUT2D eigenvalue weighted by Gasteiger charge is 2.52. The lowest BCUT2D eigenvalue weighted by Gasteiger charge is -2.40. The minimum absolute atomic E-state index is 0.0289. The fraction of sp³-hybridized carbons (Fsp3) is 0.357. The number of carbonyl (C=O) groups excluding carboxylic acids is 1. The van der Waals surface area contributed by atoms with Gasteiger partial charge in [-0.05, 0) is 45.8 Å². The highest BCUT2D eigenvalue weighted by molar-refractivity contribution is 9.10. The first kappa shape index (κ1) is 17.2. The quantitative estimate of drug-likeness (QED) is 0.354. The Bertz CT molecular complexity index is 716. The Kier molecular flexibility index (Phi) is 4.60. The van der Waals surface area contributed by atoms with Crippen LogP contribution in [0, 0.1) is 21.3 Å². The van der Waals surface area contributed by atoms with Gasteiger partial charge in [0.2, 0.25) is 0 Å². The topological polar surface area (TPSA) is 121 Å². The van der Waals surface area contributed by atoms with E-state index in [1.54, 1.807) is 0 Å². The Morgan fingerprint density at radius 2 is 2.09 bits per heavy atom. The number of hydrogen-bond donors (Lipinski definition) is 2. The summed E-state index contributed by atoms with van der Waals surface area (Å²) >= 11 is 3.02. The van der Waals surface area contributed by atoms with Crippen LogP contribution in [-0.2, 0) is 9.53 Å². The van der Waals surface area contributed by atoms with E-state index in [0.29, 0.717) is 19.3 Å². The average Bonchev–Trinajstić information content (AvgIpc) is 2.45. The summed E-state index contributed by atoms with van der Waals surface area (Å²) in [6.45, 7) is 0. The summed E-state index contributed by atoms with van der Waals surface area (Å²) in [6.07, 6.45) is 1.38. The highest BCUT2D eigenvalue weighted by Crippen LogP contribution is 2.53. The fourth-order valence-electron chi connectivity index (χ4n) is 2.79. The number of ether oxygens (including phenoxy) is 1. The Morgan fingerprint density at radius 3 is 2.52 bits per heavy atom. The van der Waals surface area contributed by atoms with Gasteiger partial charge in [0.15, 0.2) is 0 Å². The monoisotopic (exact) mass is 387 g/mol. The molecule has 2 rings (SSSR count). The molecule has 4 N–H and O–H groups in total. The number of nitrogen functional groups attached to an aromatic ring is 1. The van der Waals surface area contributed by atoms with Crippen molar-refractivity contribution < 1.29 is 18.8 Å². The van der Waals surface area contributed by atoms with E-state index >= 15 is 0 Å². The zero-order chi connectivity index (χ0) is 17.4. The van der Waals surface area contributed by atoms with Gasteiger partial charge in [-0.1, -0.05) is 6.42 Å². The molecule has 0 radical (unpaired) electrons. The number of nitrogens with zero attached hydrogens (tertiary/aromatic N) is 1. The van der Waals surface area contributed by atoms with Crippen LogP contribution in [0.4, 0.5) is 10.1 Å². The molecule has 1 saturated carbocycles. The molecule has 0 bridgehead atoms. The van der Waals surface area contributed by atoms with E-state index in [4.69, 9.17) is 16.2 Å². The Hall–Kier alpha value is -2.16. The summed E-state index contributed by atoms with van der Waals surface area (Å²) in [7, 11) is 1.20. The van der Waals surface area contributed by atoms with Crippen LogP contribution in [0.1, 0.15) is 24.8 Å². The number of hydrogen-bond acceptors (Lipinski definition) is 6. The molecule has 7 nitrogen and oxygen atoms in total. The van der Waals surface area contributed by atoms with E-state index in [1.807, 2.05) is 0 Å². The van der Waals surface area contributed by atoms with Crippen LogP contribution in [0.2, 0.25) is 0 Å². The molecule has 0 aromatic heterocycles. The molecule has 0 atom stereocenters. The Morgan fingerprint density at radius 1 is 1.48 bits per heavy atom. The van der Waals surface area contributed by atoms with Crippen LogP contribution in [0.3, 0.4) is 0 Å². The predicted octanol–water partition coefficient (Wildman–Crippen LogP) is 2.42. The molecule has 1 aliphatic rings. The molecule has 9 heteroatoms. The Labute approximate surface area is 139 Å². The van der Waals surface area contributed by atoms with Gasteiger partial charge in [-0.15, -0.1) is 0 Å². The molecule has 0 heterocycles. The van der Waals surface area contributed by atoms with E-state index < -0.39 is 27.9 Å². The van der Waals surface area contributed by atoms with Crippen molar-refractivity contribution in [1.29, 1.82) is 0 Å². The maximum atomic E-state index is 13.6. The summed E-state index contributed by atoms with van der Waals surface area (Å²) in [5.74, 6) is -1.94. The van der Waals surface area contributed by atoms with Crippen LogP contribution in [0.5, 0.6) is 0 Å². The zero-order valence-corrected chi connectivity index (χ0v) is 13.9. The highest BCUT2D eigenvalue weighted by atomic mass is 79.9. The van der Waals surface area contributed by atoms with Crippen LogP contribution in [0.25, 0.3) is 5.57 Å². The molecule has 0 saturated heterocycles. The van der Waals surface area contributed by atoms with Crippen molar-refractivity contribution in [2.24, 2.45) is 11.1 Å². The number of methoxy groups -OCH3 is 1. The first-order valence-electron chi connectivity index (χ1n) is 6.72. The number of rotatable bonds is 4. The number of nitrogens with two attached hydrogens (primary N) is 2. The lowest BCUT2D eigenvalue weighted by molar-refractivity contribution is -0.426. The van der Waals surface area contributed by atoms with Crippen molar-refractivity contribution in [3.05, 3.63) is 43.9 Å². The van der Waals surface area contributed by atoms with Gasteiger partial charge in [-0.25, -0.2) is 4.39 Å². The number of benzene rings is 1. The van der Waals surface area contributed by atoms with E-state index in [0.717, 1.165) is 6.07 Å². The van der Waals surface area contributed by atoms with E-state index in [9.17, 15) is 19.3 Å². The summed E-state index contributed by atoms with van der Waals surface area (Å²) < 4.78 is 18.5. The molecule has 23 heavy (non-hydrogen) atoms. The zero-order valence-electron chi connectivity index (χ0n) is 12.3. The van der Waals surface area contributed by atoms with Crippen LogP contribution < -0.4 is 11.5 Å². The summed E-state index contributed by atoms with van der Waals surface area (Å²) in [5.41, 5.74) is 10.3. The summed E-state index contributed by atoms with van der Waals surface area (Å²) in [4.78, 5) is 22.7. The van der Waals surface area contributed by atoms with Crippen LogP contribution in [0.15, 0.2) is 22.4 Å². The van der Waals surface area contributed by atoms with Crippen LogP contribution >= 0.6 is 15.9 Å². The third-order valence-corrected chi connectivity index (χ3v) is 4.68. The van der Waals surface area contributed by atoms with Gasteiger partial charge in [0.25, 0.3) is 0 Å². The van der Waals surface area contributed by atoms with Crippen molar-refractivity contribution in [2.75, 3.05) is 12.8 Å². The smallest absolute Gasteiger partial charge is 0.319 e. The van der Waals surface area contributed by atoms with Gasteiger partial charge in [0.1, 0.15) is 11.2 Å².